The minimum absolute atomic E-state index is 0.00366. The van der Waals surface area contributed by atoms with Crippen molar-refractivity contribution in [3.05, 3.63) is 0 Å². The number of fused-ring (bicyclic) bond motifs is 31. The van der Waals surface area contributed by atoms with Crippen molar-refractivity contribution in [2.24, 2.45) is 164 Å². The van der Waals surface area contributed by atoms with E-state index in [0.717, 1.165) is 160 Å². The molecule has 15 nitrogen and oxygen atoms in total. The van der Waals surface area contributed by atoms with E-state index in [2.05, 4.69) is 4.74 Å². The Hall–Kier alpha value is -4.04. The van der Waals surface area contributed by atoms with E-state index in [4.69, 9.17) is 28.4 Å². The molecule has 27 atom stereocenters. The lowest BCUT2D eigenvalue weighted by atomic mass is 9.60. The SMILES string of the molecule is CC.CC.CC.CC.CC.CC.CC(C)(C)C(=O)C12CCC(C)(C(=O)O1)C2(C)C.O=C1CCCO1.O=C1OC2CC3CC(C2)CC1C3.O=C1OC2CC3CC1C2C3.O=C1OCC2C3CC(C12)C1C2CCC(C2)C31.O=C1OCC2C3CCC(C3)C12.O=C1OCCC12CC1CC2C2C3CCC(C3)C12. The highest BCUT2D eigenvalue weighted by atomic mass is 16.6. The average Bonchev–Trinajstić information content (AvgIpc) is 1.53. The molecule has 0 aromatic heterocycles. The van der Waals surface area contributed by atoms with Crippen LogP contribution in [0, 0.1) is 164 Å². The maximum atomic E-state index is 12.7. The maximum absolute atomic E-state index is 12.7. The predicted octanol–water partition coefficient (Wildman–Crippen LogP) is 17.8. The zero-order valence-electron chi connectivity index (χ0n) is 66.1. The Kier molecular flexibility index (Phi) is 25.3. The number of hydrogen-bond acceptors (Lipinski definition) is 15. The van der Waals surface area contributed by atoms with Gasteiger partial charge in [0.2, 0.25) is 0 Å². The Morgan fingerprint density at radius 2 is 1.00 bits per heavy atom. The van der Waals surface area contributed by atoms with Gasteiger partial charge in [-0.2, -0.15) is 0 Å². The molecule has 0 aromatic rings. The molecule has 8 heterocycles. The van der Waals surface area contributed by atoms with Gasteiger partial charge in [-0.1, -0.05) is 118 Å². The second-order valence-corrected chi connectivity index (χ2v) is 35.4. The van der Waals surface area contributed by atoms with Gasteiger partial charge in [0.05, 0.1) is 60.9 Å². The zero-order valence-corrected chi connectivity index (χ0v) is 66.1. The second kappa shape index (κ2) is 32.2. The molecule has 8 aliphatic heterocycles. The van der Waals surface area contributed by atoms with Crippen molar-refractivity contribution < 1.29 is 71.5 Å². The summed E-state index contributed by atoms with van der Waals surface area (Å²) in [6.45, 7) is 38.4. The molecule has 101 heavy (non-hydrogen) atoms. The first kappa shape index (κ1) is 79.5. The molecule has 0 amide bonds. The lowest BCUT2D eigenvalue weighted by molar-refractivity contribution is -0.170. The number of esters is 7. The third-order valence-corrected chi connectivity index (χ3v) is 30.6. The molecule has 15 saturated carbocycles. The highest BCUT2D eigenvalue weighted by Gasteiger charge is 2.77. The lowest BCUT2D eigenvalue weighted by Crippen LogP contribution is -2.52. The number of ether oxygens (including phenoxy) is 7. The zero-order chi connectivity index (χ0) is 73.6. The number of carbonyl (C=O) groups is 8. The summed E-state index contributed by atoms with van der Waals surface area (Å²) in [5, 5.41) is 0. The third kappa shape index (κ3) is 13.8. The van der Waals surface area contributed by atoms with Crippen LogP contribution in [0.1, 0.15) is 285 Å². The summed E-state index contributed by atoms with van der Waals surface area (Å²) in [7, 11) is 0. The summed E-state index contributed by atoms with van der Waals surface area (Å²) in [6, 6.07) is 0. The van der Waals surface area contributed by atoms with Gasteiger partial charge in [-0.25, -0.2) is 0 Å². The number of ketones is 1. The topological polar surface area (TPSA) is 201 Å². The van der Waals surface area contributed by atoms with Crippen molar-refractivity contribution in [1.29, 1.82) is 0 Å². The number of carbonyl (C=O) groups excluding carboxylic acids is 8. The van der Waals surface area contributed by atoms with Crippen LogP contribution in [0.5, 0.6) is 0 Å². The van der Waals surface area contributed by atoms with Crippen LogP contribution in [-0.2, 0) is 71.5 Å². The van der Waals surface area contributed by atoms with Crippen molar-refractivity contribution in [1.82, 2.24) is 0 Å². The Morgan fingerprint density at radius 1 is 0.436 bits per heavy atom. The molecular formula is C86H138O15. The summed E-state index contributed by atoms with van der Waals surface area (Å²) in [5.41, 5.74) is -2.31. The Labute approximate surface area is 609 Å². The van der Waals surface area contributed by atoms with Crippen molar-refractivity contribution in [2.75, 3.05) is 26.4 Å². The van der Waals surface area contributed by atoms with Gasteiger partial charge in [-0.15, -0.1) is 0 Å². The molecule has 23 aliphatic rings. The van der Waals surface area contributed by atoms with Gasteiger partial charge in [-0.05, 0) is 262 Å². The Bertz CT molecular complexity index is 2900. The van der Waals surface area contributed by atoms with Crippen molar-refractivity contribution in [3.63, 3.8) is 0 Å². The molecule has 15 aliphatic carbocycles. The van der Waals surface area contributed by atoms with E-state index >= 15 is 0 Å². The van der Waals surface area contributed by atoms with Gasteiger partial charge >= 0.3 is 41.8 Å². The van der Waals surface area contributed by atoms with Crippen LogP contribution in [0.3, 0.4) is 0 Å². The van der Waals surface area contributed by atoms with Gasteiger partial charge in [0.25, 0.3) is 0 Å². The fourth-order valence-corrected chi connectivity index (χ4v) is 26.8. The summed E-state index contributed by atoms with van der Waals surface area (Å²) >= 11 is 0. The van der Waals surface area contributed by atoms with Crippen LogP contribution in [0.4, 0.5) is 0 Å². The summed E-state index contributed by atoms with van der Waals surface area (Å²) < 4.78 is 36.4. The minimum atomic E-state index is -0.906. The van der Waals surface area contributed by atoms with Crippen molar-refractivity contribution in [2.45, 2.75) is 303 Å². The summed E-state index contributed by atoms with van der Waals surface area (Å²) in [5.74, 6) is 18.5. The number of hydrogen-bond donors (Lipinski definition) is 0. The third-order valence-electron chi connectivity index (χ3n) is 30.6. The van der Waals surface area contributed by atoms with E-state index in [0.29, 0.717) is 79.5 Å². The molecule has 23 rings (SSSR count). The van der Waals surface area contributed by atoms with E-state index in [9.17, 15) is 38.4 Å². The quantitative estimate of drug-likeness (QED) is 0.136. The second-order valence-electron chi connectivity index (χ2n) is 35.4. The number of Topliss-reactive ketones (excluding diaryl/α,β-unsaturated/α-hetero) is 1. The summed E-state index contributed by atoms with van der Waals surface area (Å²) in [6.07, 6.45) is 30.8. The first-order chi connectivity index (χ1) is 48.5. The van der Waals surface area contributed by atoms with E-state index < -0.39 is 21.8 Å². The minimum Gasteiger partial charge on any atom is -0.466 e. The van der Waals surface area contributed by atoms with E-state index in [-0.39, 0.29) is 65.0 Å². The molecule has 572 valence electrons. The fraction of sp³-hybridized carbons (Fsp3) is 0.907. The molecule has 18 bridgehead atoms. The van der Waals surface area contributed by atoms with Crippen LogP contribution < -0.4 is 0 Å². The molecule has 0 radical (unpaired) electrons. The van der Waals surface area contributed by atoms with Crippen molar-refractivity contribution >= 4 is 47.6 Å². The van der Waals surface area contributed by atoms with Gasteiger partial charge in [0, 0.05) is 35.0 Å². The smallest absolute Gasteiger partial charge is 0.313 e. The van der Waals surface area contributed by atoms with Gasteiger partial charge < -0.3 is 33.2 Å². The molecule has 0 N–H and O–H groups in total. The van der Waals surface area contributed by atoms with E-state index in [1.54, 1.807) is 0 Å². The Morgan fingerprint density at radius 3 is 1.51 bits per heavy atom. The first-order valence-corrected chi connectivity index (χ1v) is 42.4. The molecule has 0 aromatic carbocycles. The highest BCUT2D eigenvalue weighted by molar-refractivity contribution is 6.00. The van der Waals surface area contributed by atoms with Crippen LogP contribution in [0.15, 0.2) is 0 Å². The van der Waals surface area contributed by atoms with E-state index in [1.807, 2.05) is 125 Å². The number of cyclic esters (lactones) is 4. The standard InChI is InChI=1S/C15H20O2.C14H22O3.C14H18O2.C10H14O2.C9H12O2.C8H10O2.C4H6O2.6C2H6/c16-14-15(3-4-17-14)7-10-6-11(15)13-9-2-1-8(5-9)12(10)13;1-11(2,3)9(15)14-8-7-13(6,10(16)17-14)12(14,4)5;15-14-13-9-4-8(10(13)5-16-14)11-6-1-2-7(3-6)12(9)11;11-10-8-2-6-1-7(3-8)5-9(4-6)12-10;10-9-8-6-2-1-5(3-6)7(8)4-11-9;9-8-6-2-4-1-5(6)7(3-4)10-8;5-4-2-1-3-6-4;6*1-2/h8-13H,1-7H2;7-8H2,1-6H3;6-13H,1-5H2;6-9H,1-5H2;5-8H,1-4H2;4-7H,1-3H2;1-3H2;6*1-2H3. The van der Waals surface area contributed by atoms with Gasteiger partial charge in [-0.3, -0.25) is 38.4 Å². The molecule has 1 spiro atoms. The average molecular weight is 1410 g/mol. The van der Waals surface area contributed by atoms with Crippen LogP contribution in [-0.4, -0.2) is 91.8 Å². The van der Waals surface area contributed by atoms with Gasteiger partial charge in [0.15, 0.2) is 11.4 Å². The predicted molar refractivity (Wildman–Crippen MR) is 388 cm³/mol. The molecule has 8 saturated heterocycles. The molecular weight excluding hydrogens is 1270 g/mol. The molecule has 15 heteroatoms. The maximum Gasteiger partial charge on any atom is 0.313 e. The van der Waals surface area contributed by atoms with Crippen molar-refractivity contribution in [3.8, 4) is 0 Å². The lowest BCUT2D eigenvalue weighted by Gasteiger charge is -2.42. The monoisotopic (exact) mass is 1410 g/mol. The molecule has 27 unspecified atom stereocenters. The Balaban J connectivity index is 0.000000126. The van der Waals surface area contributed by atoms with Crippen LogP contribution in [0.2, 0.25) is 0 Å². The van der Waals surface area contributed by atoms with Gasteiger partial charge in [0.1, 0.15) is 12.2 Å². The van der Waals surface area contributed by atoms with Crippen LogP contribution in [0.25, 0.3) is 0 Å². The fourth-order valence-electron chi connectivity index (χ4n) is 26.8. The summed E-state index contributed by atoms with van der Waals surface area (Å²) in [4.78, 5) is 92.4. The van der Waals surface area contributed by atoms with E-state index in [1.165, 1.54) is 89.9 Å². The number of rotatable bonds is 1. The largest absolute Gasteiger partial charge is 0.466 e. The highest BCUT2D eigenvalue weighted by Crippen LogP contribution is 2.74. The molecule has 23 fully saturated rings. The normalized spacial score (nSPS) is 46.3. The first-order valence-electron chi connectivity index (χ1n) is 42.4. The van der Waals surface area contributed by atoms with Crippen LogP contribution >= 0.6 is 0 Å².